The molecule has 3 aromatic rings. The third-order valence-electron chi connectivity index (χ3n) is 2.87. The number of para-hydroxylation sites is 1. The fourth-order valence-corrected chi connectivity index (χ4v) is 2.44. The van der Waals surface area contributed by atoms with E-state index >= 15 is 0 Å². The Hall–Kier alpha value is -1.88. The van der Waals surface area contributed by atoms with Crippen molar-refractivity contribution >= 4 is 33.0 Å². The molecule has 2 heterocycles. The standard InChI is InChI=1S/C13H11BrN4/c1-8-6-7-16-12-11(8)17-13(15)18(12)10-5-3-2-4-9(10)14/h2-7H,1H3,(H2,15,17). The maximum atomic E-state index is 6.01. The summed E-state index contributed by atoms with van der Waals surface area (Å²) in [5.41, 5.74) is 9.64. The summed E-state index contributed by atoms with van der Waals surface area (Å²) in [5.74, 6) is 0.443. The molecular formula is C13H11BrN4. The quantitative estimate of drug-likeness (QED) is 0.751. The van der Waals surface area contributed by atoms with Crippen molar-refractivity contribution in [1.29, 1.82) is 0 Å². The van der Waals surface area contributed by atoms with Gasteiger partial charge in [0.15, 0.2) is 5.65 Å². The fraction of sp³-hybridized carbons (Fsp3) is 0.0769. The summed E-state index contributed by atoms with van der Waals surface area (Å²) < 4.78 is 2.81. The minimum Gasteiger partial charge on any atom is -0.369 e. The van der Waals surface area contributed by atoms with Crippen LogP contribution in [0.4, 0.5) is 5.95 Å². The molecule has 0 atom stereocenters. The minimum atomic E-state index is 0.443. The Balaban J connectivity index is 2.40. The van der Waals surface area contributed by atoms with Crippen molar-refractivity contribution in [2.24, 2.45) is 0 Å². The number of hydrogen-bond acceptors (Lipinski definition) is 3. The normalized spacial score (nSPS) is 11.0. The predicted octanol–water partition coefficient (Wildman–Crippen LogP) is 3.07. The molecule has 0 radical (unpaired) electrons. The van der Waals surface area contributed by atoms with Gasteiger partial charge in [-0.1, -0.05) is 12.1 Å². The van der Waals surface area contributed by atoms with Crippen molar-refractivity contribution in [2.45, 2.75) is 6.92 Å². The van der Waals surface area contributed by atoms with Gasteiger partial charge in [0.05, 0.1) is 5.69 Å². The lowest BCUT2D eigenvalue weighted by molar-refractivity contribution is 1.08. The van der Waals surface area contributed by atoms with Crippen LogP contribution in [0.1, 0.15) is 5.56 Å². The number of pyridine rings is 1. The highest BCUT2D eigenvalue weighted by atomic mass is 79.9. The van der Waals surface area contributed by atoms with Crippen LogP contribution >= 0.6 is 15.9 Å². The number of nitrogens with two attached hydrogens (primary N) is 1. The minimum absolute atomic E-state index is 0.443. The van der Waals surface area contributed by atoms with E-state index in [0.29, 0.717) is 5.95 Å². The number of aromatic nitrogens is 3. The number of rotatable bonds is 1. The number of hydrogen-bond donors (Lipinski definition) is 1. The second kappa shape index (κ2) is 4.10. The molecule has 0 amide bonds. The fourth-order valence-electron chi connectivity index (χ4n) is 1.98. The van der Waals surface area contributed by atoms with Gasteiger partial charge in [0, 0.05) is 10.7 Å². The number of nitrogens with zero attached hydrogens (tertiary/aromatic N) is 3. The Morgan fingerprint density at radius 2 is 2.00 bits per heavy atom. The maximum Gasteiger partial charge on any atom is 0.207 e. The van der Waals surface area contributed by atoms with Crippen LogP contribution in [-0.2, 0) is 0 Å². The first-order chi connectivity index (χ1) is 8.68. The van der Waals surface area contributed by atoms with Gasteiger partial charge in [-0.3, -0.25) is 4.57 Å². The third kappa shape index (κ3) is 1.59. The van der Waals surface area contributed by atoms with Crippen molar-refractivity contribution in [3.63, 3.8) is 0 Å². The van der Waals surface area contributed by atoms with E-state index in [1.807, 2.05) is 41.8 Å². The Bertz CT molecular complexity index is 733. The molecule has 0 aliphatic rings. The molecule has 0 unspecified atom stereocenters. The summed E-state index contributed by atoms with van der Waals surface area (Å²) in [6.07, 6.45) is 1.77. The van der Waals surface area contributed by atoms with Crippen LogP contribution in [0.2, 0.25) is 0 Å². The number of benzene rings is 1. The first kappa shape index (κ1) is 11.2. The number of anilines is 1. The average molecular weight is 303 g/mol. The highest BCUT2D eigenvalue weighted by Crippen LogP contribution is 2.27. The number of aryl methyl sites for hydroxylation is 1. The van der Waals surface area contributed by atoms with Crippen molar-refractivity contribution < 1.29 is 0 Å². The number of fused-ring (bicyclic) bond motifs is 1. The highest BCUT2D eigenvalue weighted by Gasteiger charge is 2.14. The molecule has 18 heavy (non-hydrogen) atoms. The van der Waals surface area contributed by atoms with E-state index < -0.39 is 0 Å². The van der Waals surface area contributed by atoms with Crippen LogP contribution in [0.5, 0.6) is 0 Å². The molecule has 4 nitrogen and oxygen atoms in total. The smallest absolute Gasteiger partial charge is 0.207 e. The van der Waals surface area contributed by atoms with Crippen LogP contribution in [0.25, 0.3) is 16.9 Å². The number of halogens is 1. The van der Waals surface area contributed by atoms with Gasteiger partial charge in [0.2, 0.25) is 5.95 Å². The van der Waals surface area contributed by atoms with Crippen LogP contribution in [0.3, 0.4) is 0 Å². The molecule has 1 aromatic carbocycles. The van der Waals surface area contributed by atoms with Crippen molar-refractivity contribution in [1.82, 2.24) is 14.5 Å². The SMILES string of the molecule is Cc1ccnc2c1nc(N)n2-c1ccccc1Br. The van der Waals surface area contributed by atoms with E-state index in [-0.39, 0.29) is 0 Å². The molecular weight excluding hydrogens is 292 g/mol. The lowest BCUT2D eigenvalue weighted by atomic mass is 10.2. The lowest BCUT2D eigenvalue weighted by Crippen LogP contribution is -2.02. The van der Waals surface area contributed by atoms with E-state index in [0.717, 1.165) is 26.9 Å². The van der Waals surface area contributed by atoms with Crippen LogP contribution in [-0.4, -0.2) is 14.5 Å². The zero-order chi connectivity index (χ0) is 12.7. The Labute approximate surface area is 113 Å². The molecule has 2 aromatic heterocycles. The molecule has 2 N–H and O–H groups in total. The van der Waals surface area contributed by atoms with Gasteiger partial charge in [-0.15, -0.1) is 0 Å². The van der Waals surface area contributed by atoms with E-state index in [9.17, 15) is 0 Å². The molecule has 0 spiro atoms. The first-order valence-corrected chi connectivity index (χ1v) is 6.32. The molecule has 0 saturated carbocycles. The van der Waals surface area contributed by atoms with E-state index in [4.69, 9.17) is 5.73 Å². The average Bonchev–Trinajstić information content (AvgIpc) is 2.68. The Kier molecular flexibility index (Phi) is 2.56. The molecule has 3 rings (SSSR count). The topological polar surface area (TPSA) is 56.7 Å². The summed E-state index contributed by atoms with van der Waals surface area (Å²) >= 11 is 3.52. The number of imidazole rings is 1. The van der Waals surface area contributed by atoms with Crippen molar-refractivity contribution in [2.75, 3.05) is 5.73 Å². The van der Waals surface area contributed by atoms with Gasteiger partial charge in [0.1, 0.15) is 5.52 Å². The summed E-state index contributed by atoms with van der Waals surface area (Å²) in [7, 11) is 0. The summed E-state index contributed by atoms with van der Waals surface area (Å²) in [6.45, 7) is 2.00. The van der Waals surface area contributed by atoms with E-state index in [1.165, 1.54) is 0 Å². The Morgan fingerprint density at radius 3 is 2.78 bits per heavy atom. The zero-order valence-electron chi connectivity index (χ0n) is 9.76. The van der Waals surface area contributed by atoms with Gasteiger partial charge < -0.3 is 5.73 Å². The second-order valence-corrected chi connectivity index (χ2v) is 4.91. The van der Waals surface area contributed by atoms with Gasteiger partial charge in [-0.25, -0.2) is 9.97 Å². The van der Waals surface area contributed by atoms with Gasteiger partial charge in [0.25, 0.3) is 0 Å². The molecule has 0 bridgehead atoms. The molecule has 90 valence electrons. The van der Waals surface area contributed by atoms with Crippen LogP contribution < -0.4 is 5.73 Å². The molecule has 0 aliphatic heterocycles. The third-order valence-corrected chi connectivity index (χ3v) is 3.54. The molecule has 0 fully saturated rings. The van der Waals surface area contributed by atoms with E-state index in [1.54, 1.807) is 6.20 Å². The first-order valence-electron chi connectivity index (χ1n) is 5.53. The van der Waals surface area contributed by atoms with Gasteiger partial charge in [-0.2, -0.15) is 0 Å². The Morgan fingerprint density at radius 1 is 1.22 bits per heavy atom. The van der Waals surface area contributed by atoms with Gasteiger partial charge >= 0.3 is 0 Å². The summed E-state index contributed by atoms with van der Waals surface area (Å²) in [6, 6.07) is 9.80. The maximum absolute atomic E-state index is 6.01. The van der Waals surface area contributed by atoms with Crippen LogP contribution in [0.15, 0.2) is 41.0 Å². The largest absolute Gasteiger partial charge is 0.369 e. The summed E-state index contributed by atoms with van der Waals surface area (Å²) in [5, 5.41) is 0. The number of nitrogen functional groups attached to an aromatic ring is 1. The predicted molar refractivity (Wildman–Crippen MR) is 75.7 cm³/mol. The molecule has 0 aliphatic carbocycles. The molecule has 0 saturated heterocycles. The highest BCUT2D eigenvalue weighted by molar-refractivity contribution is 9.10. The van der Waals surface area contributed by atoms with Gasteiger partial charge in [-0.05, 0) is 46.6 Å². The van der Waals surface area contributed by atoms with Crippen molar-refractivity contribution in [3.8, 4) is 5.69 Å². The van der Waals surface area contributed by atoms with E-state index in [2.05, 4.69) is 25.9 Å². The zero-order valence-corrected chi connectivity index (χ0v) is 11.3. The second-order valence-electron chi connectivity index (χ2n) is 4.06. The summed E-state index contributed by atoms with van der Waals surface area (Å²) in [4.78, 5) is 8.77. The van der Waals surface area contributed by atoms with Crippen LogP contribution in [0, 0.1) is 6.92 Å². The molecule has 5 heteroatoms. The van der Waals surface area contributed by atoms with Crippen molar-refractivity contribution in [3.05, 3.63) is 46.6 Å². The monoisotopic (exact) mass is 302 g/mol. The lowest BCUT2D eigenvalue weighted by Gasteiger charge is -2.07.